The van der Waals surface area contributed by atoms with Crippen LogP contribution in [0.3, 0.4) is 0 Å². The van der Waals surface area contributed by atoms with Gasteiger partial charge in [0.05, 0.1) is 6.54 Å². The highest BCUT2D eigenvalue weighted by Gasteiger charge is 2.20. The fourth-order valence-electron chi connectivity index (χ4n) is 2.78. The molecule has 0 unspecified atom stereocenters. The summed E-state index contributed by atoms with van der Waals surface area (Å²) in [5, 5.41) is 8.17. The lowest BCUT2D eigenvalue weighted by atomic mass is 10.3. The Morgan fingerprint density at radius 1 is 1.12 bits per heavy atom. The second kappa shape index (κ2) is 6.36. The molecule has 4 heterocycles. The van der Waals surface area contributed by atoms with Gasteiger partial charge in [-0.2, -0.15) is 10.1 Å². The van der Waals surface area contributed by atoms with E-state index >= 15 is 0 Å². The monoisotopic (exact) mass is 326 g/mol. The van der Waals surface area contributed by atoms with E-state index in [2.05, 4.69) is 35.0 Å². The van der Waals surface area contributed by atoms with Crippen molar-refractivity contribution in [2.75, 3.05) is 31.1 Å². The van der Waals surface area contributed by atoms with Crippen molar-refractivity contribution in [3.63, 3.8) is 0 Å². The molecule has 1 aliphatic rings. The summed E-state index contributed by atoms with van der Waals surface area (Å²) in [6, 6.07) is 3.84. The van der Waals surface area contributed by atoms with Gasteiger partial charge in [-0.1, -0.05) is 5.16 Å². The average Bonchev–Trinajstić information content (AvgIpc) is 3.28. The van der Waals surface area contributed by atoms with Crippen LogP contribution >= 0.6 is 0 Å². The van der Waals surface area contributed by atoms with Crippen LogP contribution in [0.2, 0.25) is 0 Å². The standard InChI is InChI=1S/C15H18N8O/c1-12-19-13(20-24-12)10-21-5-7-22(8-6-21)14-9-15(17-11-16-14)23-4-2-3-18-23/h2-4,9,11H,5-8,10H2,1H3. The Morgan fingerprint density at radius 2 is 1.96 bits per heavy atom. The highest BCUT2D eigenvalue weighted by molar-refractivity contribution is 5.43. The van der Waals surface area contributed by atoms with Crippen LogP contribution in [0.5, 0.6) is 0 Å². The molecule has 124 valence electrons. The van der Waals surface area contributed by atoms with E-state index < -0.39 is 0 Å². The third-order valence-corrected chi connectivity index (χ3v) is 4.01. The number of rotatable bonds is 4. The Balaban J connectivity index is 1.40. The van der Waals surface area contributed by atoms with Crippen LogP contribution in [0, 0.1) is 6.92 Å². The minimum atomic E-state index is 0.607. The van der Waals surface area contributed by atoms with E-state index in [9.17, 15) is 0 Å². The van der Waals surface area contributed by atoms with E-state index in [4.69, 9.17) is 4.52 Å². The van der Waals surface area contributed by atoms with Gasteiger partial charge in [-0.05, 0) is 6.07 Å². The van der Waals surface area contributed by atoms with E-state index in [0.717, 1.165) is 43.6 Å². The highest BCUT2D eigenvalue weighted by Crippen LogP contribution is 2.16. The maximum absolute atomic E-state index is 5.02. The topological polar surface area (TPSA) is 89.0 Å². The first-order valence-electron chi connectivity index (χ1n) is 7.86. The molecule has 0 N–H and O–H groups in total. The second-order valence-corrected chi connectivity index (χ2v) is 5.68. The maximum atomic E-state index is 5.02. The number of piperazine rings is 1. The van der Waals surface area contributed by atoms with Gasteiger partial charge in [-0.15, -0.1) is 0 Å². The number of anilines is 1. The van der Waals surface area contributed by atoms with Crippen LogP contribution in [0.1, 0.15) is 11.7 Å². The molecular weight excluding hydrogens is 308 g/mol. The summed E-state index contributed by atoms with van der Waals surface area (Å²) >= 11 is 0. The SMILES string of the molecule is Cc1nc(CN2CCN(c3cc(-n4cccn4)ncn3)CC2)no1. The molecule has 0 aromatic carbocycles. The molecular formula is C15H18N8O. The molecule has 9 nitrogen and oxygen atoms in total. The number of aryl methyl sites for hydroxylation is 1. The van der Waals surface area contributed by atoms with Gasteiger partial charge < -0.3 is 9.42 Å². The van der Waals surface area contributed by atoms with Gasteiger partial charge in [-0.3, -0.25) is 4.90 Å². The Hall–Kier alpha value is -2.81. The highest BCUT2D eigenvalue weighted by atomic mass is 16.5. The second-order valence-electron chi connectivity index (χ2n) is 5.68. The number of hydrogen-bond acceptors (Lipinski definition) is 8. The average molecular weight is 326 g/mol. The van der Waals surface area contributed by atoms with E-state index in [1.165, 1.54) is 0 Å². The van der Waals surface area contributed by atoms with Crippen molar-refractivity contribution in [3.8, 4) is 5.82 Å². The van der Waals surface area contributed by atoms with Crippen molar-refractivity contribution >= 4 is 5.82 Å². The Kier molecular flexibility index (Phi) is 3.91. The fourth-order valence-corrected chi connectivity index (χ4v) is 2.78. The van der Waals surface area contributed by atoms with E-state index in [-0.39, 0.29) is 0 Å². The normalized spacial score (nSPS) is 15.8. The molecule has 0 amide bonds. The summed E-state index contributed by atoms with van der Waals surface area (Å²) in [6.45, 7) is 6.16. The molecule has 0 saturated carbocycles. The molecule has 1 fully saturated rings. The first-order valence-corrected chi connectivity index (χ1v) is 7.86. The number of nitrogens with zero attached hydrogens (tertiary/aromatic N) is 8. The van der Waals surface area contributed by atoms with Gasteiger partial charge in [0.25, 0.3) is 0 Å². The van der Waals surface area contributed by atoms with Crippen molar-refractivity contribution in [3.05, 3.63) is 42.6 Å². The molecule has 9 heteroatoms. The lowest BCUT2D eigenvalue weighted by Crippen LogP contribution is -2.46. The van der Waals surface area contributed by atoms with Crippen LogP contribution in [0.15, 0.2) is 35.4 Å². The Labute approximate surface area is 138 Å². The summed E-state index contributed by atoms with van der Waals surface area (Å²) in [5.41, 5.74) is 0. The van der Waals surface area contributed by atoms with Gasteiger partial charge in [0, 0.05) is 51.6 Å². The van der Waals surface area contributed by atoms with E-state index in [1.807, 2.05) is 18.3 Å². The van der Waals surface area contributed by atoms with Crippen molar-refractivity contribution in [2.24, 2.45) is 0 Å². The van der Waals surface area contributed by atoms with Crippen LogP contribution in [0.25, 0.3) is 5.82 Å². The van der Waals surface area contributed by atoms with Crippen molar-refractivity contribution in [1.29, 1.82) is 0 Å². The molecule has 3 aromatic heterocycles. The fraction of sp³-hybridized carbons (Fsp3) is 0.400. The summed E-state index contributed by atoms with van der Waals surface area (Å²) in [7, 11) is 0. The van der Waals surface area contributed by atoms with Gasteiger partial charge >= 0.3 is 0 Å². The summed E-state index contributed by atoms with van der Waals surface area (Å²) in [5.74, 6) is 3.04. The van der Waals surface area contributed by atoms with Crippen LogP contribution in [0.4, 0.5) is 5.82 Å². The van der Waals surface area contributed by atoms with Gasteiger partial charge in [0.15, 0.2) is 11.6 Å². The molecule has 1 aliphatic heterocycles. The molecule has 3 aromatic rings. The van der Waals surface area contributed by atoms with Gasteiger partial charge in [0.2, 0.25) is 5.89 Å². The van der Waals surface area contributed by atoms with Crippen molar-refractivity contribution < 1.29 is 4.52 Å². The predicted molar refractivity (Wildman–Crippen MR) is 85.7 cm³/mol. The molecule has 24 heavy (non-hydrogen) atoms. The third-order valence-electron chi connectivity index (χ3n) is 4.01. The zero-order valence-electron chi connectivity index (χ0n) is 13.4. The molecule has 4 rings (SSSR count). The molecule has 0 atom stereocenters. The number of hydrogen-bond donors (Lipinski definition) is 0. The Bertz CT molecular complexity index is 791. The first kappa shape index (κ1) is 14.8. The van der Waals surface area contributed by atoms with Crippen LogP contribution in [-0.2, 0) is 6.54 Å². The molecule has 0 spiro atoms. The third kappa shape index (κ3) is 3.11. The minimum absolute atomic E-state index is 0.607. The predicted octanol–water partition coefficient (Wildman–Crippen LogP) is 0.676. The van der Waals surface area contributed by atoms with Crippen molar-refractivity contribution in [2.45, 2.75) is 13.5 Å². The Morgan fingerprint density at radius 3 is 2.67 bits per heavy atom. The molecule has 0 aliphatic carbocycles. The summed E-state index contributed by atoms with van der Waals surface area (Å²) in [4.78, 5) is 17.5. The zero-order chi connectivity index (χ0) is 16.4. The van der Waals surface area contributed by atoms with E-state index in [0.29, 0.717) is 12.4 Å². The lowest BCUT2D eigenvalue weighted by molar-refractivity contribution is 0.239. The number of aromatic nitrogens is 6. The maximum Gasteiger partial charge on any atom is 0.223 e. The molecule has 1 saturated heterocycles. The quantitative estimate of drug-likeness (QED) is 0.691. The van der Waals surface area contributed by atoms with Crippen molar-refractivity contribution in [1.82, 2.24) is 34.8 Å². The van der Waals surface area contributed by atoms with E-state index in [1.54, 1.807) is 24.1 Å². The largest absolute Gasteiger partial charge is 0.354 e. The first-order chi connectivity index (χ1) is 11.8. The zero-order valence-corrected chi connectivity index (χ0v) is 13.4. The minimum Gasteiger partial charge on any atom is -0.354 e. The van der Waals surface area contributed by atoms with Crippen LogP contribution in [-0.4, -0.2) is 61.0 Å². The molecule has 0 radical (unpaired) electrons. The summed E-state index contributed by atoms with van der Waals surface area (Å²) in [6.07, 6.45) is 5.19. The van der Waals surface area contributed by atoms with Gasteiger partial charge in [0.1, 0.15) is 12.1 Å². The lowest BCUT2D eigenvalue weighted by Gasteiger charge is -2.34. The van der Waals surface area contributed by atoms with Gasteiger partial charge in [-0.25, -0.2) is 14.6 Å². The van der Waals surface area contributed by atoms with Crippen LogP contribution < -0.4 is 4.90 Å². The smallest absolute Gasteiger partial charge is 0.223 e. The molecule has 0 bridgehead atoms. The summed E-state index contributed by atoms with van der Waals surface area (Å²) < 4.78 is 6.76.